The third kappa shape index (κ3) is 3.64. The number of nitrogens with one attached hydrogen (secondary N) is 1. The molecule has 1 amide bonds. The van der Waals surface area contributed by atoms with Crippen LogP contribution in [0, 0.1) is 0 Å². The average Bonchev–Trinajstić information content (AvgIpc) is 2.18. The summed E-state index contributed by atoms with van der Waals surface area (Å²) < 4.78 is 5.02. The van der Waals surface area contributed by atoms with E-state index in [0.717, 1.165) is 19.3 Å². The summed E-state index contributed by atoms with van der Waals surface area (Å²) in [5.41, 5.74) is 5.90. The van der Waals surface area contributed by atoms with Crippen molar-refractivity contribution in [2.45, 2.75) is 44.7 Å². The van der Waals surface area contributed by atoms with Gasteiger partial charge in [-0.05, 0) is 19.8 Å². The predicted octanol–water partition coefficient (Wildman–Crippen LogP) is 0.409. The summed E-state index contributed by atoms with van der Waals surface area (Å²) in [4.78, 5) is 11.3. The Bertz CT molecular complexity index is 185. The Hall–Kier alpha value is -0.610. The molecule has 0 aliphatic heterocycles. The van der Waals surface area contributed by atoms with Crippen LogP contribution in [-0.2, 0) is 9.53 Å². The monoisotopic (exact) mass is 200 g/mol. The highest BCUT2D eigenvalue weighted by atomic mass is 16.5. The van der Waals surface area contributed by atoms with E-state index in [9.17, 15) is 4.79 Å². The van der Waals surface area contributed by atoms with Gasteiger partial charge in [-0.1, -0.05) is 12.8 Å². The zero-order valence-corrected chi connectivity index (χ0v) is 8.79. The van der Waals surface area contributed by atoms with Gasteiger partial charge in [0.2, 0.25) is 5.91 Å². The predicted molar refractivity (Wildman–Crippen MR) is 54.9 cm³/mol. The zero-order valence-electron chi connectivity index (χ0n) is 8.79. The molecule has 0 aromatic heterocycles. The molecular formula is C10H20N2O2. The Balaban J connectivity index is 2.23. The third-order valence-electron chi connectivity index (χ3n) is 2.60. The number of nitrogens with two attached hydrogens (primary N) is 1. The van der Waals surface area contributed by atoms with Crippen molar-refractivity contribution in [2.24, 2.45) is 5.73 Å². The second-order valence-electron chi connectivity index (χ2n) is 3.76. The van der Waals surface area contributed by atoms with Gasteiger partial charge in [0.25, 0.3) is 0 Å². The first-order chi connectivity index (χ1) is 6.74. The number of hydrogen-bond acceptors (Lipinski definition) is 3. The number of carbonyl (C=O) groups excluding carboxylic acids is 1. The zero-order chi connectivity index (χ0) is 10.4. The fourth-order valence-electron chi connectivity index (χ4n) is 1.78. The van der Waals surface area contributed by atoms with Gasteiger partial charge in [0.15, 0.2) is 0 Å². The second kappa shape index (κ2) is 5.98. The standard InChI is InChI=1S/C10H20N2O2/c1-2-14-7-10(13)12-9-6-4-3-5-8(9)11/h8-9H,2-7,11H2,1H3,(H,12,13)/t8-,9-/m1/s1. The fourth-order valence-corrected chi connectivity index (χ4v) is 1.78. The van der Waals surface area contributed by atoms with E-state index in [2.05, 4.69) is 5.32 Å². The SMILES string of the molecule is CCOCC(=O)N[C@@H]1CCCC[C@H]1N. The average molecular weight is 200 g/mol. The van der Waals surface area contributed by atoms with Crippen LogP contribution in [0.25, 0.3) is 0 Å². The van der Waals surface area contributed by atoms with E-state index in [1.165, 1.54) is 6.42 Å². The lowest BCUT2D eigenvalue weighted by Gasteiger charge is -2.29. The lowest BCUT2D eigenvalue weighted by Crippen LogP contribution is -2.50. The van der Waals surface area contributed by atoms with Gasteiger partial charge in [0, 0.05) is 18.7 Å². The smallest absolute Gasteiger partial charge is 0.246 e. The van der Waals surface area contributed by atoms with Gasteiger partial charge in [0.1, 0.15) is 6.61 Å². The van der Waals surface area contributed by atoms with E-state index in [-0.39, 0.29) is 24.6 Å². The summed E-state index contributed by atoms with van der Waals surface area (Å²) in [7, 11) is 0. The quantitative estimate of drug-likeness (QED) is 0.691. The summed E-state index contributed by atoms with van der Waals surface area (Å²) in [6, 6.07) is 0.269. The molecular weight excluding hydrogens is 180 g/mol. The molecule has 0 heterocycles. The first kappa shape index (κ1) is 11.5. The molecule has 0 spiro atoms. The minimum Gasteiger partial charge on any atom is -0.372 e. The Labute approximate surface area is 85.2 Å². The Kier molecular flexibility index (Phi) is 4.90. The van der Waals surface area contributed by atoms with Crippen molar-refractivity contribution < 1.29 is 9.53 Å². The molecule has 4 nitrogen and oxygen atoms in total. The molecule has 0 bridgehead atoms. The molecule has 1 saturated carbocycles. The summed E-state index contributed by atoms with van der Waals surface area (Å²) in [5, 5.41) is 2.91. The van der Waals surface area contributed by atoms with Crippen molar-refractivity contribution in [3.05, 3.63) is 0 Å². The first-order valence-electron chi connectivity index (χ1n) is 5.36. The molecule has 1 rings (SSSR count). The normalized spacial score (nSPS) is 27.3. The maximum atomic E-state index is 11.3. The van der Waals surface area contributed by atoms with Crippen molar-refractivity contribution in [1.82, 2.24) is 5.32 Å². The van der Waals surface area contributed by atoms with Crippen molar-refractivity contribution in [3.8, 4) is 0 Å². The molecule has 3 N–H and O–H groups in total. The molecule has 0 radical (unpaired) electrons. The molecule has 4 heteroatoms. The van der Waals surface area contributed by atoms with Gasteiger partial charge < -0.3 is 15.8 Å². The van der Waals surface area contributed by atoms with Crippen molar-refractivity contribution in [2.75, 3.05) is 13.2 Å². The van der Waals surface area contributed by atoms with Gasteiger partial charge in [-0.25, -0.2) is 0 Å². The topological polar surface area (TPSA) is 64.3 Å². The molecule has 82 valence electrons. The molecule has 1 fully saturated rings. The number of hydrogen-bond donors (Lipinski definition) is 2. The number of amides is 1. The minimum atomic E-state index is -0.0470. The number of carbonyl (C=O) groups is 1. The number of rotatable bonds is 4. The van der Waals surface area contributed by atoms with E-state index < -0.39 is 0 Å². The van der Waals surface area contributed by atoms with E-state index in [1.807, 2.05) is 6.92 Å². The first-order valence-corrected chi connectivity index (χ1v) is 5.36. The molecule has 1 aliphatic rings. The van der Waals surface area contributed by atoms with Gasteiger partial charge in [-0.3, -0.25) is 4.79 Å². The van der Waals surface area contributed by atoms with Crippen molar-refractivity contribution in [1.29, 1.82) is 0 Å². The van der Waals surface area contributed by atoms with Crippen LogP contribution in [-0.4, -0.2) is 31.2 Å². The molecule has 0 unspecified atom stereocenters. The van der Waals surface area contributed by atoms with Crippen LogP contribution in [0.4, 0.5) is 0 Å². The van der Waals surface area contributed by atoms with Gasteiger partial charge >= 0.3 is 0 Å². The van der Waals surface area contributed by atoms with Crippen LogP contribution in [0.1, 0.15) is 32.6 Å². The molecule has 2 atom stereocenters. The summed E-state index contributed by atoms with van der Waals surface area (Å²) in [6.07, 6.45) is 4.35. The highest BCUT2D eigenvalue weighted by Crippen LogP contribution is 2.16. The van der Waals surface area contributed by atoms with Crippen LogP contribution in [0.3, 0.4) is 0 Å². The van der Waals surface area contributed by atoms with E-state index >= 15 is 0 Å². The van der Waals surface area contributed by atoms with E-state index in [0.29, 0.717) is 6.61 Å². The Morgan fingerprint density at radius 3 is 2.86 bits per heavy atom. The van der Waals surface area contributed by atoms with Crippen LogP contribution < -0.4 is 11.1 Å². The lowest BCUT2D eigenvalue weighted by atomic mass is 9.91. The summed E-state index contributed by atoms with van der Waals surface area (Å²) >= 11 is 0. The van der Waals surface area contributed by atoms with E-state index in [1.54, 1.807) is 0 Å². The molecule has 0 aromatic carbocycles. The Morgan fingerprint density at radius 2 is 2.21 bits per heavy atom. The van der Waals surface area contributed by atoms with Crippen LogP contribution in [0.5, 0.6) is 0 Å². The second-order valence-corrected chi connectivity index (χ2v) is 3.76. The summed E-state index contributed by atoms with van der Waals surface area (Å²) in [6.45, 7) is 2.60. The lowest BCUT2D eigenvalue weighted by molar-refractivity contribution is -0.126. The largest absolute Gasteiger partial charge is 0.372 e. The molecule has 1 aliphatic carbocycles. The molecule has 0 aromatic rings. The highest BCUT2D eigenvalue weighted by molar-refractivity contribution is 5.77. The van der Waals surface area contributed by atoms with Crippen LogP contribution >= 0.6 is 0 Å². The van der Waals surface area contributed by atoms with Gasteiger partial charge in [-0.2, -0.15) is 0 Å². The van der Waals surface area contributed by atoms with Crippen molar-refractivity contribution >= 4 is 5.91 Å². The highest BCUT2D eigenvalue weighted by Gasteiger charge is 2.22. The molecule has 0 saturated heterocycles. The number of ether oxygens (including phenoxy) is 1. The fraction of sp³-hybridized carbons (Fsp3) is 0.900. The van der Waals surface area contributed by atoms with Crippen molar-refractivity contribution in [3.63, 3.8) is 0 Å². The molecule has 14 heavy (non-hydrogen) atoms. The Morgan fingerprint density at radius 1 is 1.50 bits per heavy atom. The van der Waals surface area contributed by atoms with Crippen LogP contribution in [0.15, 0.2) is 0 Å². The maximum Gasteiger partial charge on any atom is 0.246 e. The van der Waals surface area contributed by atoms with Gasteiger partial charge in [-0.15, -0.1) is 0 Å². The van der Waals surface area contributed by atoms with Gasteiger partial charge in [0.05, 0.1) is 0 Å². The summed E-state index contributed by atoms with van der Waals surface area (Å²) in [5.74, 6) is -0.0470. The third-order valence-corrected chi connectivity index (χ3v) is 2.60. The maximum absolute atomic E-state index is 11.3. The van der Waals surface area contributed by atoms with E-state index in [4.69, 9.17) is 10.5 Å². The van der Waals surface area contributed by atoms with Crippen LogP contribution in [0.2, 0.25) is 0 Å². The minimum absolute atomic E-state index is 0.0470.